The van der Waals surface area contributed by atoms with Crippen molar-refractivity contribution in [3.63, 3.8) is 0 Å². The smallest absolute Gasteiger partial charge is 0.253 e. The quantitative estimate of drug-likeness (QED) is 0.0752. The Kier molecular flexibility index (Phi) is 17.4. The molecule has 5 rings (SSSR count). The Bertz CT molecular complexity index is 2480. The van der Waals surface area contributed by atoms with Gasteiger partial charge >= 0.3 is 0 Å². The molecule has 5 amide bonds. The average Bonchev–Trinajstić information content (AvgIpc) is 3.30. The topological polar surface area (TPSA) is 282 Å². The van der Waals surface area contributed by atoms with Crippen molar-refractivity contribution < 1.29 is 33.4 Å². The van der Waals surface area contributed by atoms with Crippen molar-refractivity contribution in [1.29, 1.82) is 5.26 Å². The monoisotopic (exact) mass is 917 g/mol. The van der Waals surface area contributed by atoms with Crippen LogP contribution in [0.2, 0.25) is 0 Å². The number of hydrogen-bond acceptors (Lipinski definition) is 13. The van der Waals surface area contributed by atoms with Crippen LogP contribution in [0.15, 0.2) is 66.7 Å². The predicted molar refractivity (Wildman–Crippen MR) is 256 cm³/mol. The number of likely N-dealkylation sites (N-methyl/N-ethyl adjacent to an activating group) is 1. The Morgan fingerprint density at radius 1 is 0.910 bits per heavy atom. The van der Waals surface area contributed by atoms with Crippen LogP contribution in [0.4, 0.5) is 5.69 Å². The highest BCUT2D eigenvalue weighted by Crippen LogP contribution is 2.40. The first-order chi connectivity index (χ1) is 31.9. The summed E-state index contributed by atoms with van der Waals surface area (Å²) in [5, 5.41) is 23.1. The van der Waals surface area contributed by atoms with E-state index in [0.717, 1.165) is 11.1 Å². The van der Waals surface area contributed by atoms with E-state index in [1.807, 2.05) is 18.2 Å². The van der Waals surface area contributed by atoms with Crippen LogP contribution in [0.1, 0.15) is 72.9 Å². The van der Waals surface area contributed by atoms with Gasteiger partial charge in [-0.2, -0.15) is 5.26 Å². The van der Waals surface area contributed by atoms with Gasteiger partial charge in [-0.25, -0.2) is 0 Å². The number of hydrogen-bond donors (Lipinski definition) is 8. The molecule has 1 aromatic heterocycles. The molecule has 0 saturated carbocycles. The predicted octanol–water partition coefficient (Wildman–Crippen LogP) is 2.57. The fourth-order valence-corrected chi connectivity index (χ4v) is 7.74. The molecule has 356 valence electrons. The molecular formula is C49H63N11O7. The molecule has 0 unspecified atom stereocenters. The van der Waals surface area contributed by atoms with Crippen LogP contribution in [0.3, 0.4) is 0 Å². The number of nitrogens with zero attached hydrogens (tertiary/aromatic N) is 3. The maximum absolute atomic E-state index is 14.8. The fraction of sp³-hybridized carbons (Fsp3) is 0.408. The largest absolute Gasteiger partial charge is 0.492 e. The first-order valence-electron chi connectivity index (χ1n) is 22.2. The maximum atomic E-state index is 14.8. The number of pyridine rings is 1. The molecule has 0 radical (unpaired) electrons. The van der Waals surface area contributed by atoms with Gasteiger partial charge in [-0.3, -0.25) is 29.0 Å². The summed E-state index contributed by atoms with van der Waals surface area (Å²) in [6.07, 6.45) is 0.00865. The molecule has 4 atom stereocenters. The number of aryl methyl sites for hydroxylation is 1. The third-order valence-corrected chi connectivity index (χ3v) is 11.4. The normalized spacial score (nSPS) is 16.5. The van der Waals surface area contributed by atoms with Crippen LogP contribution in [-0.2, 0) is 31.0 Å². The van der Waals surface area contributed by atoms with Crippen molar-refractivity contribution in [3.05, 3.63) is 94.7 Å². The van der Waals surface area contributed by atoms with E-state index in [1.54, 1.807) is 56.4 Å². The van der Waals surface area contributed by atoms with Crippen molar-refractivity contribution in [1.82, 2.24) is 31.2 Å². The zero-order valence-corrected chi connectivity index (χ0v) is 39.2. The SMILES string of the molecule is CNc1cc(C(=O)N[C@@H](CCN)C(=O)N(C)[C@@H]2C(=O)N[C@@H](C)C(=O)N[C@H](C(=O)NCC#N)Cc3ccc(OCCN)c(c3)-c3cc2ccc3OCCN)c(C)nc1-c1ccc(C(C)(C)C)cc1. The summed E-state index contributed by atoms with van der Waals surface area (Å²) in [5.74, 6) is -2.53. The van der Waals surface area contributed by atoms with E-state index in [0.29, 0.717) is 50.8 Å². The van der Waals surface area contributed by atoms with Gasteiger partial charge in [0.1, 0.15) is 55.4 Å². The van der Waals surface area contributed by atoms with E-state index < -0.39 is 53.7 Å². The number of carbonyl (C=O) groups is 5. The van der Waals surface area contributed by atoms with E-state index in [2.05, 4.69) is 59.5 Å². The Hall–Kier alpha value is -7.07. The Balaban J connectivity index is 1.58. The molecule has 18 heteroatoms. The molecule has 0 spiro atoms. The number of aromatic nitrogens is 1. The first-order valence-corrected chi connectivity index (χ1v) is 22.2. The zero-order chi connectivity index (χ0) is 49.0. The lowest BCUT2D eigenvalue weighted by atomic mass is 9.86. The molecule has 4 bridgehead atoms. The maximum Gasteiger partial charge on any atom is 0.253 e. The molecule has 0 fully saturated rings. The minimum atomic E-state index is -1.40. The van der Waals surface area contributed by atoms with Crippen molar-refractivity contribution in [2.75, 3.05) is 58.8 Å². The highest BCUT2D eigenvalue weighted by molar-refractivity contribution is 6.01. The number of nitrogens with two attached hydrogens (primary N) is 3. The van der Waals surface area contributed by atoms with E-state index in [9.17, 15) is 29.2 Å². The van der Waals surface area contributed by atoms with Gasteiger partial charge in [0.05, 0.1) is 28.7 Å². The highest BCUT2D eigenvalue weighted by Gasteiger charge is 2.36. The standard InChI is InChI=1S/C49H63N11O7/c1-28-34(27-38(54-6)42(56-28)31-9-12-33(13-10-31)49(3,4)5)45(62)58-37(16-17-50)48(65)60(7)43-32-11-15-41(67-23-20-53)36(26-32)35-24-30(8-14-40(35)66-22-19-52)25-39(46(63)55-21-18-51)59-44(61)29(2)57-47(43)64/h8-15,24,26-27,29,37,39,43,54H,16-17,19-23,25,50,52-53H2,1-7H3,(H,55,63)(H,57,64)(H,58,62)(H,59,61)/t29-,37-,39-,43-/m0/s1. The summed E-state index contributed by atoms with van der Waals surface area (Å²) in [6.45, 7) is 9.94. The van der Waals surface area contributed by atoms with Crippen molar-refractivity contribution in [2.24, 2.45) is 17.2 Å². The molecule has 67 heavy (non-hydrogen) atoms. The molecule has 18 nitrogen and oxygen atoms in total. The van der Waals surface area contributed by atoms with Crippen molar-refractivity contribution in [2.45, 2.75) is 77.0 Å². The van der Waals surface area contributed by atoms with Gasteiger partial charge in [0, 0.05) is 50.3 Å². The van der Waals surface area contributed by atoms with Crippen LogP contribution >= 0.6 is 0 Å². The average molecular weight is 918 g/mol. The number of carbonyl (C=O) groups excluding carboxylic acids is 5. The second-order valence-electron chi connectivity index (χ2n) is 17.3. The van der Waals surface area contributed by atoms with E-state index in [1.165, 1.54) is 18.9 Å². The van der Waals surface area contributed by atoms with Crippen LogP contribution in [0, 0.1) is 18.3 Å². The molecule has 11 N–H and O–H groups in total. The highest BCUT2D eigenvalue weighted by atomic mass is 16.5. The third kappa shape index (κ3) is 12.4. The van der Waals surface area contributed by atoms with Crippen molar-refractivity contribution >= 4 is 35.2 Å². The second kappa shape index (κ2) is 22.9. The number of amides is 5. The number of benzene rings is 3. The summed E-state index contributed by atoms with van der Waals surface area (Å²) < 4.78 is 12.2. The summed E-state index contributed by atoms with van der Waals surface area (Å²) >= 11 is 0. The van der Waals surface area contributed by atoms with Crippen LogP contribution in [0.25, 0.3) is 22.4 Å². The summed E-state index contributed by atoms with van der Waals surface area (Å²) in [6, 6.07) is 16.8. The minimum absolute atomic E-state index is 0.00207. The zero-order valence-electron chi connectivity index (χ0n) is 39.2. The molecule has 2 heterocycles. The lowest BCUT2D eigenvalue weighted by molar-refractivity contribution is -0.141. The van der Waals surface area contributed by atoms with Crippen LogP contribution in [-0.4, -0.2) is 111 Å². The van der Waals surface area contributed by atoms with Gasteiger partial charge in [0.25, 0.3) is 5.91 Å². The van der Waals surface area contributed by atoms with Gasteiger partial charge in [0.2, 0.25) is 23.6 Å². The molecular weight excluding hydrogens is 855 g/mol. The fourth-order valence-electron chi connectivity index (χ4n) is 7.74. The molecule has 1 aliphatic rings. The van der Waals surface area contributed by atoms with E-state index >= 15 is 0 Å². The Morgan fingerprint density at radius 3 is 2.15 bits per heavy atom. The molecule has 1 aliphatic heterocycles. The number of anilines is 1. The first kappa shape index (κ1) is 50.9. The third-order valence-electron chi connectivity index (χ3n) is 11.4. The van der Waals surface area contributed by atoms with Crippen LogP contribution in [0.5, 0.6) is 11.5 Å². The Morgan fingerprint density at radius 2 is 1.55 bits per heavy atom. The molecule has 4 aromatic rings. The summed E-state index contributed by atoms with van der Waals surface area (Å²) in [5.41, 5.74) is 23.5. The van der Waals surface area contributed by atoms with Gasteiger partial charge in [-0.1, -0.05) is 57.2 Å². The number of fused-ring (bicyclic) bond motifs is 5. The summed E-state index contributed by atoms with van der Waals surface area (Å²) in [4.78, 5) is 76.7. The van der Waals surface area contributed by atoms with Gasteiger partial charge in [-0.15, -0.1) is 0 Å². The molecule has 0 aliphatic carbocycles. The second-order valence-corrected chi connectivity index (χ2v) is 17.3. The molecule has 0 saturated heterocycles. The van der Waals surface area contributed by atoms with Crippen LogP contribution < -0.4 is 53.3 Å². The van der Waals surface area contributed by atoms with Gasteiger partial charge < -0.3 is 58.2 Å². The van der Waals surface area contributed by atoms with E-state index in [-0.39, 0.29) is 63.2 Å². The lowest BCUT2D eigenvalue weighted by Gasteiger charge is -2.32. The number of nitrogens with one attached hydrogen (secondary N) is 5. The van der Waals surface area contributed by atoms with Crippen molar-refractivity contribution in [3.8, 4) is 40.0 Å². The number of nitriles is 1. The number of ether oxygens (including phenoxy) is 2. The molecule has 3 aromatic carbocycles. The van der Waals surface area contributed by atoms with Gasteiger partial charge in [-0.05, 0) is 79.3 Å². The van der Waals surface area contributed by atoms with E-state index in [4.69, 9.17) is 31.7 Å². The minimum Gasteiger partial charge on any atom is -0.492 e. The number of rotatable bonds is 16. The lowest BCUT2D eigenvalue weighted by Crippen LogP contribution is -2.56. The Labute approximate surface area is 391 Å². The van der Waals surface area contributed by atoms with Gasteiger partial charge in [0.15, 0.2) is 0 Å². The summed E-state index contributed by atoms with van der Waals surface area (Å²) in [7, 11) is 3.16.